The smallest absolute Gasteiger partial charge is 0.231 e. The fourth-order valence-electron chi connectivity index (χ4n) is 3.92. The van der Waals surface area contributed by atoms with Gasteiger partial charge in [-0.1, -0.05) is 49.7 Å². The Bertz CT molecular complexity index is 1060. The number of para-hydroxylation sites is 1. The van der Waals surface area contributed by atoms with Crippen molar-refractivity contribution in [2.24, 2.45) is 5.92 Å². The lowest BCUT2D eigenvalue weighted by Gasteiger charge is -2.12. The van der Waals surface area contributed by atoms with E-state index >= 15 is 0 Å². The molecule has 0 saturated carbocycles. The molecule has 0 aliphatic carbocycles. The Labute approximate surface area is 176 Å². The topological polar surface area (TPSA) is 76.0 Å². The third-order valence-electron chi connectivity index (χ3n) is 5.46. The Balaban J connectivity index is 1.69. The third kappa shape index (κ3) is 4.13. The summed E-state index contributed by atoms with van der Waals surface area (Å²) in [5.74, 6) is -0.197. The first kappa shape index (κ1) is 19.9. The number of anilines is 1. The SMILES string of the molecule is CCCc1cccc(-c2cc(NC(=O)C3CC(=O)NC3C)nn2-c2ccccc2)c1. The molecule has 0 radical (unpaired) electrons. The van der Waals surface area contributed by atoms with Gasteiger partial charge < -0.3 is 10.6 Å². The summed E-state index contributed by atoms with van der Waals surface area (Å²) in [4.78, 5) is 24.4. The van der Waals surface area contributed by atoms with Crippen molar-refractivity contribution in [2.45, 2.75) is 39.2 Å². The minimum atomic E-state index is -0.393. The van der Waals surface area contributed by atoms with Crippen molar-refractivity contribution in [1.82, 2.24) is 15.1 Å². The summed E-state index contributed by atoms with van der Waals surface area (Å²) in [5, 5.41) is 10.4. The highest BCUT2D eigenvalue weighted by Crippen LogP contribution is 2.28. The lowest BCUT2D eigenvalue weighted by atomic mass is 10.0. The molecule has 1 aliphatic rings. The van der Waals surface area contributed by atoms with Crippen LogP contribution in [0.2, 0.25) is 0 Å². The Kier molecular flexibility index (Phi) is 5.65. The molecule has 1 aliphatic heterocycles. The summed E-state index contributed by atoms with van der Waals surface area (Å²) >= 11 is 0. The Morgan fingerprint density at radius 2 is 1.97 bits per heavy atom. The number of rotatable bonds is 6. The van der Waals surface area contributed by atoms with Crippen LogP contribution < -0.4 is 10.6 Å². The van der Waals surface area contributed by atoms with Crippen molar-refractivity contribution in [2.75, 3.05) is 5.32 Å². The molecule has 2 atom stereocenters. The highest BCUT2D eigenvalue weighted by Gasteiger charge is 2.34. The van der Waals surface area contributed by atoms with Crippen molar-refractivity contribution < 1.29 is 9.59 Å². The highest BCUT2D eigenvalue weighted by molar-refractivity contribution is 5.97. The minimum absolute atomic E-state index is 0.0918. The predicted octanol–water partition coefficient (Wildman–Crippen LogP) is 3.95. The summed E-state index contributed by atoms with van der Waals surface area (Å²) in [5.41, 5.74) is 4.14. The molecule has 2 aromatic carbocycles. The summed E-state index contributed by atoms with van der Waals surface area (Å²) in [7, 11) is 0. The maximum absolute atomic E-state index is 12.8. The largest absolute Gasteiger partial charge is 0.353 e. The maximum Gasteiger partial charge on any atom is 0.231 e. The second kappa shape index (κ2) is 8.53. The summed E-state index contributed by atoms with van der Waals surface area (Å²) in [6.07, 6.45) is 2.30. The number of aromatic nitrogens is 2. The van der Waals surface area contributed by atoms with Gasteiger partial charge in [0.15, 0.2) is 5.82 Å². The van der Waals surface area contributed by atoms with Crippen molar-refractivity contribution in [1.29, 1.82) is 0 Å². The fourth-order valence-corrected chi connectivity index (χ4v) is 3.92. The summed E-state index contributed by atoms with van der Waals surface area (Å²) in [6.45, 7) is 4.01. The van der Waals surface area contributed by atoms with Crippen LogP contribution in [0.4, 0.5) is 5.82 Å². The number of amides is 2. The van der Waals surface area contributed by atoms with E-state index in [2.05, 4.69) is 46.9 Å². The van der Waals surface area contributed by atoms with Gasteiger partial charge in [-0.25, -0.2) is 4.68 Å². The van der Waals surface area contributed by atoms with Crippen LogP contribution in [-0.4, -0.2) is 27.6 Å². The van der Waals surface area contributed by atoms with Crippen molar-refractivity contribution >= 4 is 17.6 Å². The van der Waals surface area contributed by atoms with E-state index < -0.39 is 5.92 Å². The average molecular weight is 402 g/mol. The van der Waals surface area contributed by atoms with Gasteiger partial charge in [0.25, 0.3) is 0 Å². The summed E-state index contributed by atoms with van der Waals surface area (Å²) in [6, 6.07) is 20.0. The molecule has 2 heterocycles. The first-order chi connectivity index (χ1) is 14.5. The Morgan fingerprint density at radius 1 is 1.17 bits per heavy atom. The first-order valence-corrected chi connectivity index (χ1v) is 10.4. The Morgan fingerprint density at radius 3 is 2.67 bits per heavy atom. The van der Waals surface area contributed by atoms with Gasteiger partial charge in [-0.2, -0.15) is 0 Å². The molecule has 6 nitrogen and oxygen atoms in total. The van der Waals surface area contributed by atoms with E-state index in [0.29, 0.717) is 5.82 Å². The molecule has 30 heavy (non-hydrogen) atoms. The van der Waals surface area contributed by atoms with E-state index in [0.717, 1.165) is 29.8 Å². The molecular formula is C24H26N4O2. The summed E-state index contributed by atoms with van der Waals surface area (Å²) < 4.78 is 1.85. The first-order valence-electron chi connectivity index (χ1n) is 10.4. The van der Waals surface area contributed by atoms with Gasteiger partial charge in [-0.15, -0.1) is 5.10 Å². The average Bonchev–Trinajstić information content (AvgIpc) is 3.32. The monoisotopic (exact) mass is 402 g/mol. The van der Waals surface area contributed by atoms with Crippen molar-refractivity contribution in [3.05, 3.63) is 66.2 Å². The number of carbonyl (C=O) groups excluding carboxylic acids is 2. The third-order valence-corrected chi connectivity index (χ3v) is 5.46. The van der Waals surface area contributed by atoms with E-state index in [1.165, 1.54) is 5.56 Å². The van der Waals surface area contributed by atoms with Crippen LogP contribution in [0.3, 0.4) is 0 Å². The van der Waals surface area contributed by atoms with E-state index in [1.54, 1.807) is 0 Å². The maximum atomic E-state index is 12.8. The zero-order valence-electron chi connectivity index (χ0n) is 17.3. The molecule has 3 aromatic rings. The molecule has 2 N–H and O–H groups in total. The van der Waals surface area contributed by atoms with Crippen molar-refractivity contribution in [3.63, 3.8) is 0 Å². The van der Waals surface area contributed by atoms with Crippen LogP contribution in [0.15, 0.2) is 60.7 Å². The van der Waals surface area contributed by atoms with Gasteiger partial charge in [0.1, 0.15) is 0 Å². The van der Waals surface area contributed by atoms with Gasteiger partial charge in [-0.3, -0.25) is 9.59 Å². The Hall–Kier alpha value is -3.41. The van der Waals surface area contributed by atoms with Gasteiger partial charge >= 0.3 is 0 Å². The van der Waals surface area contributed by atoms with Crippen molar-refractivity contribution in [3.8, 4) is 16.9 Å². The number of hydrogen-bond acceptors (Lipinski definition) is 3. The fraction of sp³-hybridized carbons (Fsp3) is 0.292. The molecule has 154 valence electrons. The van der Waals surface area contributed by atoms with Crippen LogP contribution in [-0.2, 0) is 16.0 Å². The zero-order chi connectivity index (χ0) is 21.1. The standard InChI is InChI=1S/C24H26N4O2/c1-3-8-17-9-7-10-18(13-17)21-15-22(27-28(21)19-11-5-4-6-12-19)26-24(30)20-14-23(29)25-16(20)2/h4-7,9-13,15-16,20H,3,8,14H2,1-2H3,(H,25,29)(H,26,27,30). The molecule has 6 heteroatoms. The number of carbonyl (C=O) groups is 2. The van der Waals surface area contributed by atoms with Gasteiger partial charge in [0, 0.05) is 24.1 Å². The minimum Gasteiger partial charge on any atom is -0.353 e. The quantitative estimate of drug-likeness (QED) is 0.655. The molecule has 2 unspecified atom stereocenters. The van der Waals surface area contributed by atoms with Crippen LogP contribution in [0.5, 0.6) is 0 Å². The van der Waals surface area contributed by atoms with Crippen LogP contribution in [0, 0.1) is 5.92 Å². The van der Waals surface area contributed by atoms with E-state index in [1.807, 2.05) is 48.0 Å². The zero-order valence-corrected chi connectivity index (χ0v) is 17.3. The highest BCUT2D eigenvalue weighted by atomic mass is 16.2. The normalized spacial score (nSPS) is 18.3. The number of hydrogen-bond donors (Lipinski definition) is 2. The van der Waals surface area contributed by atoms with Crippen LogP contribution in [0.25, 0.3) is 16.9 Å². The lowest BCUT2D eigenvalue weighted by Crippen LogP contribution is -2.32. The number of nitrogens with zero attached hydrogens (tertiary/aromatic N) is 2. The molecule has 1 saturated heterocycles. The van der Waals surface area contributed by atoms with Gasteiger partial charge in [-0.05, 0) is 37.1 Å². The number of benzene rings is 2. The number of nitrogens with one attached hydrogen (secondary N) is 2. The van der Waals surface area contributed by atoms with Gasteiger partial charge in [0.05, 0.1) is 17.3 Å². The molecule has 0 bridgehead atoms. The second-order valence-electron chi connectivity index (χ2n) is 7.77. The van der Waals surface area contributed by atoms with Crippen LogP contribution >= 0.6 is 0 Å². The van der Waals surface area contributed by atoms with Gasteiger partial charge in [0.2, 0.25) is 11.8 Å². The molecule has 0 spiro atoms. The lowest BCUT2D eigenvalue weighted by molar-refractivity contribution is -0.123. The molecule has 1 fully saturated rings. The molecule has 1 aromatic heterocycles. The predicted molar refractivity (Wildman–Crippen MR) is 117 cm³/mol. The van der Waals surface area contributed by atoms with E-state index in [-0.39, 0.29) is 24.3 Å². The van der Waals surface area contributed by atoms with E-state index in [9.17, 15) is 9.59 Å². The second-order valence-corrected chi connectivity index (χ2v) is 7.77. The van der Waals surface area contributed by atoms with Crippen LogP contribution in [0.1, 0.15) is 32.3 Å². The molecule has 2 amide bonds. The molecule has 4 rings (SSSR count). The van der Waals surface area contributed by atoms with E-state index in [4.69, 9.17) is 0 Å². The number of aryl methyl sites for hydroxylation is 1. The molecular weight excluding hydrogens is 376 g/mol.